The predicted molar refractivity (Wildman–Crippen MR) is 54.9 cm³/mol. The van der Waals surface area contributed by atoms with Crippen LogP contribution in [0.4, 0.5) is 4.39 Å². The van der Waals surface area contributed by atoms with Gasteiger partial charge in [0.25, 0.3) is 0 Å². The molecule has 1 rings (SSSR count). The Kier molecular flexibility index (Phi) is 4.31. The Balaban J connectivity index is 2.43. The van der Waals surface area contributed by atoms with E-state index in [2.05, 4.69) is 0 Å². The molecule has 84 valence electrons. The van der Waals surface area contributed by atoms with Crippen molar-refractivity contribution < 1.29 is 12.8 Å². The summed E-state index contributed by atoms with van der Waals surface area (Å²) in [5.74, 6) is 0.223. The van der Waals surface area contributed by atoms with Gasteiger partial charge >= 0.3 is 0 Å². The maximum atomic E-state index is 12.0. The number of rotatable bonds is 4. The molecule has 0 spiro atoms. The smallest absolute Gasteiger partial charge is 0.152 e. The highest BCUT2D eigenvalue weighted by Crippen LogP contribution is 2.18. The lowest BCUT2D eigenvalue weighted by Gasteiger charge is -2.30. The summed E-state index contributed by atoms with van der Waals surface area (Å²) in [5.41, 5.74) is 0. The minimum Gasteiger partial charge on any atom is -0.301 e. The Morgan fingerprint density at radius 2 is 1.93 bits per heavy atom. The first kappa shape index (κ1) is 11.9. The van der Waals surface area contributed by atoms with E-state index in [1.54, 1.807) is 6.92 Å². The van der Waals surface area contributed by atoms with Gasteiger partial charge in [0.05, 0.1) is 5.25 Å². The molecule has 1 heterocycles. The summed E-state index contributed by atoms with van der Waals surface area (Å²) in [6, 6.07) is 0. The summed E-state index contributed by atoms with van der Waals surface area (Å²) in [6.07, 6.45) is 1.33. The van der Waals surface area contributed by atoms with Crippen molar-refractivity contribution in [3.8, 4) is 0 Å². The van der Waals surface area contributed by atoms with Crippen molar-refractivity contribution in [3.05, 3.63) is 0 Å². The van der Waals surface area contributed by atoms with E-state index in [0.717, 1.165) is 0 Å². The second-order valence-corrected chi connectivity index (χ2v) is 6.25. The van der Waals surface area contributed by atoms with Crippen LogP contribution in [0.5, 0.6) is 0 Å². The molecule has 0 radical (unpaired) electrons. The third kappa shape index (κ3) is 2.92. The molecule has 14 heavy (non-hydrogen) atoms. The second-order valence-electron chi connectivity index (χ2n) is 3.68. The molecule has 0 saturated carbocycles. The van der Waals surface area contributed by atoms with Crippen molar-refractivity contribution >= 4 is 9.84 Å². The number of hydrogen-bond acceptors (Lipinski definition) is 3. The van der Waals surface area contributed by atoms with Crippen molar-refractivity contribution in [1.82, 2.24) is 4.90 Å². The summed E-state index contributed by atoms with van der Waals surface area (Å²) in [5, 5.41) is -0.191. The fraction of sp³-hybridized carbons (Fsp3) is 1.00. The largest absolute Gasteiger partial charge is 0.301 e. The molecule has 0 atom stereocenters. The summed E-state index contributed by atoms with van der Waals surface area (Å²) in [4.78, 5) is 1.99. The number of nitrogens with zero attached hydrogens (tertiary/aromatic N) is 1. The molecule has 1 fully saturated rings. The van der Waals surface area contributed by atoms with Crippen LogP contribution in [0, 0.1) is 0 Å². The van der Waals surface area contributed by atoms with Crippen LogP contribution in [-0.4, -0.2) is 50.6 Å². The first-order valence-electron chi connectivity index (χ1n) is 5.10. The molecular formula is C9H18FNO2S. The SMILES string of the molecule is CCS(=O)(=O)C1CCN(CCF)CC1. The van der Waals surface area contributed by atoms with E-state index in [1.165, 1.54) is 0 Å². The molecular weight excluding hydrogens is 205 g/mol. The predicted octanol–water partition coefficient (Wildman–Crippen LogP) is 0.855. The number of hydrogen-bond donors (Lipinski definition) is 0. The first-order valence-corrected chi connectivity index (χ1v) is 6.81. The number of sulfone groups is 1. The molecule has 1 aliphatic heterocycles. The normalized spacial score (nSPS) is 21.3. The molecule has 0 bridgehead atoms. The lowest BCUT2D eigenvalue weighted by atomic mass is 10.1. The van der Waals surface area contributed by atoms with Gasteiger partial charge in [-0.25, -0.2) is 12.8 Å². The maximum Gasteiger partial charge on any atom is 0.152 e. The topological polar surface area (TPSA) is 37.4 Å². The zero-order valence-corrected chi connectivity index (χ0v) is 9.39. The summed E-state index contributed by atoms with van der Waals surface area (Å²) in [7, 11) is -2.88. The monoisotopic (exact) mass is 223 g/mol. The third-order valence-corrected chi connectivity index (χ3v) is 5.14. The Morgan fingerprint density at radius 3 is 2.36 bits per heavy atom. The van der Waals surface area contributed by atoms with Gasteiger partial charge in [-0.15, -0.1) is 0 Å². The van der Waals surface area contributed by atoms with Crippen molar-refractivity contribution in [2.45, 2.75) is 25.0 Å². The number of alkyl halides is 1. The van der Waals surface area contributed by atoms with E-state index in [1.807, 2.05) is 4.90 Å². The summed E-state index contributed by atoms with van der Waals surface area (Å²) < 4.78 is 35.1. The van der Waals surface area contributed by atoms with E-state index in [-0.39, 0.29) is 17.7 Å². The van der Waals surface area contributed by atoms with Crippen LogP contribution in [-0.2, 0) is 9.84 Å². The van der Waals surface area contributed by atoms with Gasteiger partial charge in [-0.05, 0) is 25.9 Å². The number of piperidine rings is 1. The second kappa shape index (κ2) is 5.07. The molecule has 0 aromatic heterocycles. The summed E-state index contributed by atoms with van der Waals surface area (Å²) in [6.45, 7) is 3.22. The van der Waals surface area contributed by atoms with E-state index in [9.17, 15) is 12.8 Å². The van der Waals surface area contributed by atoms with Gasteiger partial charge in [0, 0.05) is 12.3 Å². The average molecular weight is 223 g/mol. The van der Waals surface area contributed by atoms with Gasteiger partial charge in [-0.3, -0.25) is 0 Å². The Labute approximate surface area is 85.2 Å². The van der Waals surface area contributed by atoms with Gasteiger partial charge in [0.1, 0.15) is 6.67 Å². The van der Waals surface area contributed by atoms with Crippen molar-refractivity contribution in [2.24, 2.45) is 0 Å². The molecule has 5 heteroatoms. The minimum absolute atomic E-state index is 0.191. The zero-order chi connectivity index (χ0) is 10.6. The molecule has 0 unspecified atom stereocenters. The minimum atomic E-state index is -2.88. The fourth-order valence-corrected chi connectivity index (χ4v) is 3.25. The number of halogens is 1. The number of likely N-dealkylation sites (tertiary alicyclic amines) is 1. The Hall–Kier alpha value is -0.160. The highest BCUT2D eigenvalue weighted by atomic mass is 32.2. The molecule has 0 aromatic carbocycles. The van der Waals surface area contributed by atoms with Crippen molar-refractivity contribution in [1.29, 1.82) is 0 Å². The molecule has 1 saturated heterocycles. The average Bonchev–Trinajstić information content (AvgIpc) is 2.19. The van der Waals surface area contributed by atoms with Gasteiger partial charge in [0.15, 0.2) is 9.84 Å². The van der Waals surface area contributed by atoms with Crippen molar-refractivity contribution in [3.63, 3.8) is 0 Å². The van der Waals surface area contributed by atoms with Crippen LogP contribution >= 0.6 is 0 Å². The van der Waals surface area contributed by atoms with Gasteiger partial charge < -0.3 is 4.90 Å². The van der Waals surface area contributed by atoms with Gasteiger partial charge in [0.2, 0.25) is 0 Å². The molecule has 0 amide bonds. The molecule has 0 N–H and O–H groups in total. The van der Waals surface area contributed by atoms with Crippen LogP contribution in [0.25, 0.3) is 0 Å². The van der Waals surface area contributed by atoms with E-state index in [4.69, 9.17) is 0 Å². The third-order valence-electron chi connectivity index (χ3n) is 2.85. The van der Waals surface area contributed by atoms with Gasteiger partial charge in [-0.2, -0.15) is 0 Å². The summed E-state index contributed by atoms with van der Waals surface area (Å²) >= 11 is 0. The highest BCUT2D eigenvalue weighted by molar-refractivity contribution is 7.92. The van der Waals surface area contributed by atoms with Crippen LogP contribution < -0.4 is 0 Å². The van der Waals surface area contributed by atoms with Crippen LogP contribution in [0.15, 0.2) is 0 Å². The zero-order valence-electron chi connectivity index (χ0n) is 8.58. The molecule has 0 aliphatic carbocycles. The van der Waals surface area contributed by atoms with Crippen LogP contribution in [0.1, 0.15) is 19.8 Å². The van der Waals surface area contributed by atoms with Crippen LogP contribution in [0.3, 0.4) is 0 Å². The first-order chi connectivity index (χ1) is 6.60. The quantitative estimate of drug-likeness (QED) is 0.709. The van der Waals surface area contributed by atoms with E-state index >= 15 is 0 Å². The van der Waals surface area contributed by atoms with Gasteiger partial charge in [-0.1, -0.05) is 6.92 Å². The lowest BCUT2D eigenvalue weighted by Crippen LogP contribution is -2.40. The standard InChI is InChI=1S/C9H18FNO2S/c1-2-14(12,13)9-3-6-11(7-4-9)8-5-10/h9H,2-8H2,1H3. The van der Waals surface area contributed by atoms with E-state index < -0.39 is 9.84 Å². The molecule has 3 nitrogen and oxygen atoms in total. The van der Waals surface area contributed by atoms with Crippen LogP contribution in [0.2, 0.25) is 0 Å². The van der Waals surface area contributed by atoms with Crippen molar-refractivity contribution in [2.75, 3.05) is 32.1 Å². The Bertz CT molecular complexity index is 258. The van der Waals surface area contributed by atoms with E-state index in [0.29, 0.717) is 32.5 Å². The maximum absolute atomic E-state index is 12.0. The Morgan fingerprint density at radius 1 is 1.36 bits per heavy atom. The lowest BCUT2D eigenvalue weighted by molar-refractivity contribution is 0.212. The fourth-order valence-electron chi connectivity index (χ4n) is 1.85. The molecule has 0 aromatic rings. The highest BCUT2D eigenvalue weighted by Gasteiger charge is 2.28. The molecule has 1 aliphatic rings.